The molecule has 0 aliphatic heterocycles. The summed E-state index contributed by atoms with van der Waals surface area (Å²) in [7, 11) is 0. The maximum atomic E-state index is 13.3. The van der Waals surface area contributed by atoms with Crippen molar-refractivity contribution in [2.45, 2.75) is 13.3 Å². The second-order valence-electron chi connectivity index (χ2n) is 5.16. The molecule has 1 aromatic heterocycles. The molecule has 0 bridgehead atoms. The van der Waals surface area contributed by atoms with E-state index in [1.54, 1.807) is 24.3 Å². The lowest BCUT2D eigenvalue weighted by Crippen LogP contribution is -2.04. The fourth-order valence-electron chi connectivity index (χ4n) is 2.25. The molecule has 0 aliphatic carbocycles. The van der Waals surface area contributed by atoms with Gasteiger partial charge in [-0.3, -0.25) is 0 Å². The lowest BCUT2D eigenvalue weighted by atomic mass is 10.1. The van der Waals surface area contributed by atoms with Crippen molar-refractivity contribution < 1.29 is 4.39 Å². The molecular weight excluding hydrogens is 295 g/mol. The highest BCUT2D eigenvalue weighted by Gasteiger charge is 2.06. The molecule has 0 spiro atoms. The Kier molecular flexibility index (Phi) is 4.49. The highest BCUT2D eigenvalue weighted by molar-refractivity contribution is 7.14. The molecule has 0 amide bonds. The normalized spacial score (nSPS) is 10.6. The van der Waals surface area contributed by atoms with E-state index in [2.05, 4.69) is 22.4 Å². The van der Waals surface area contributed by atoms with Crippen molar-refractivity contribution in [1.82, 2.24) is 4.98 Å². The molecule has 1 N–H and O–H groups in total. The van der Waals surface area contributed by atoms with Gasteiger partial charge in [0.2, 0.25) is 0 Å². The standard InChI is InChI=1S/C18H17FN2S/c1-13-11-15(7-8-16(13)19)17-12-22-18(21-17)20-10-9-14-5-3-2-4-6-14/h2-8,11-12H,9-10H2,1H3,(H,20,21). The van der Waals surface area contributed by atoms with Crippen LogP contribution in [-0.2, 0) is 6.42 Å². The van der Waals surface area contributed by atoms with Gasteiger partial charge in [-0.25, -0.2) is 9.37 Å². The zero-order valence-electron chi connectivity index (χ0n) is 12.3. The molecule has 0 saturated carbocycles. The molecule has 0 radical (unpaired) electrons. The number of halogens is 1. The number of nitrogens with one attached hydrogen (secondary N) is 1. The van der Waals surface area contributed by atoms with Gasteiger partial charge in [-0.2, -0.15) is 0 Å². The molecule has 3 rings (SSSR count). The van der Waals surface area contributed by atoms with Gasteiger partial charge in [0.1, 0.15) is 5.82 Å². The van der Waals surface area contributed by atoms with E-state index in [9.17, 15) is 4.39 Å². The molecule has 22 heavy (non-hydrogen) atoms. The lowest BCUT2D eigenvalue weighted by molar-refractivity contribution is 0.619. The first-order valence-corrected chi connectivity index (χ1v) is 8.10. The van der Waals surface area contributed by atoms with E-state index >= 15 is 0 Å². The maximum absolute atomic E-state index is 13.3. The number of hydrogen-bond acceptors (Lipinski definition) is 3. The number of hydrogen-bond donors (Lipinski definition) is 1. The van der Waals surface area contributed by atoms with Crippen molar-refractivity contribution in [1.29, 1.82) is 0 Å². The average molecular weight is 312 g/mol. The number of aromatic nitrogens is 1. The number of benzene rings is 2. The summed E-state index contributed by atoms with van der Waals surface area (Å²) in [5, 5.41) is 6.24. The molecule has 0 aliphatic rings. The van der Waals surface area contributed by atoms with Crippen molar-refractivity contribution in [2.75, 3.05) is 11.9 Å². The van der Waals surface area contributed by atoms with Crippen LogP contribution in [0.2, 0.25) is 0 Å². The van der Waals surface area contributed by atoms with Crippen LogP contribution in [0.5, 0.6) is 0 Å². The number of anilines is 1. The number of aryl methyl sites for hydroxylation is 1. The predicted molar refractivity (Wildman–Crippen MR) is 90.9 cm³/mol. The second-order valence-corrected chi connectivity index (χ2v) is 6.02. The molecule has 112 valence electrons. The van der Waals surface area contributed by atoms with Crippen molar-refractivity contribution in [3.63, 3.8) is 0 Å². The van der Waals surface area contributed by atoms with Gasteiger partial charge in [0, 0.05) is 17.5 Å². The summed E-state index contributed by atoms with van der Waals surface area (Å²) in [4.78, 5) is 4.57. The molecule has 0 fully saturated rings. The van der Waals surface area contributed by atoms with Gasteiger partial charge in [0.15, 0.2) is 5.13 Å². The Balaban J connectivity index is 1.62. The van der Waals surface area contributed by atoms with Crippen LogP contribution in [0.4, 0.5) is 9.52 Å². The van der Waals surface area contributed by atoms with E-state index in [1.165, 1.54) is 11.6 Å². The third kappa shape index (κ3) is 3.52. The van der Waals surface area contributed by atoms with E-state index in [0.717, 1.165) is 29.4 Å². The van der Waals surface area contributed by atoms with Gasteiger partial charge in [0.05, 0.1) is 5.69 Å². The molecule has 0 atom stereocenters. The van der Waals surface area contributed by atoms with Crippen molar-refractivity contribution >= 4 is 16.5 Å². The Morgan fingerprint density at radius 3 is 2.73 bits per heavy atom. The molecule has 2 nitrogen and oxygen atoms in total. The first kappa shape index (κ1) is 14.7. The largest absolute Gasteiger partial charge is 0.361 e. The number of nitrogens with zero attached hydrogens (tertiary/aromatic N) is 1. The van der Waals surface area contributed by atoms with Crippen LogP contribution in [0.15, 0.2) is 53.9 Å². The molecule has 1 heterocycles. The fraction of sp³-hybridized carbons (Fsp3) is 0.167. The van der Waals surface area contributed by atoms with Crippen LogP contribution in [0.25, 0.3) is 11.3 Å². The van der Waals surface area contributed by atoms with Gasteiger partial charge >= 0.3 is 0 Å². The quantitative estimate of drug-likeness (QED) is 0.724. The van der Waals surface area contributed by atoms with Crippen LogP contribution < -0.4 is 5.32 Å². The lowest BCUT2D eigenvalue weighted by Gasteiger charge is -2.03. The third-order valence-corrected chi connectivity index (χ3v) is 4.29. The zero-order valence-corrected chi connectivity index (χ0v) is 13.2. The number of rotatable bonds is 5. The molecular formula is C18H17FN2S. The molecule has 4 heteroatoms. The highest BCUT2D eigenvalue weighted by Crippen LogP contribution is 2.26. The molecule has 2 aromatic carbocycles. The summed E-state index contributed by atoms with van der Waals surface area (Å²) < 4.78 is 13.3. The van der Waals surface area contributed by atoms with E-state index in [0.29, 0.717) is 5.56 Å². The van der Waals surface area contributed by atoms with Crippen LogP contribution >= 0.6 is 11.3 Å². The summed E-state index contributed by atoms with van der Waals surface area (Å²) in [6.45, 7) is 2.61. The van der Waals surface area contributed by atoms with Gasteiger partial charge in [0.25, 0.3) is 0 Å². The topological polar surface area (TPSA) is 24.9 Å². The Bertz CT molecular complexity index is 753. The van der Waals surface area contributed by atoms with Gasteiger partial charge in [-0.05, 0) is 42.7 Å². The molecule has 0 saturated heterocycles. The van der Waals surface area contributed by atoms with Crippen molar-refractivity contribution in [2.24, 2.45) is 0 Å². The van der Waals surface area contributed by atoms with E-state index in [-0.39, 0.29) is 5.82 Å². The van der Waals surface area contributed by atoms with E-state index in [1.807, 2.05) is 29.6 Å². The Labute approximate surface area is 133 Å². The van der Waals surface area contributed by atoms with Crippen LogP contribution in [0, 0.1) is 12.7 Å². The first-order chi connectivity index (χ1) is 10.7. The Morgan fingerprint density at radius 1 is 1.14 bits per heavy atom. The fourth-order valence-corrected chi connectivity index (χ4v) is 3.00. The third-order valence-electron chi connectivity index (χ3n) is 3.49. The second kappa shape index (κ2) is 6.71. The summed E-state index contributed by atoms with van der Waals surface area (Å²) >= 11 is 1.57. The van der Waals surface area contributed by atoms with Crippen molar-refractivity contribution in [3.05, 3.63) is 70.9 Å². The summed E-state index contributed by atoms with van der Waals surface area (Å²) in [5.41, 5.74) is 3.78. The Hall–Kier alpha value is -2.20. The predicted octanol–water partition coefficient (Wildman–Crippen LogP) is 4.91. The van der Waals surface area contributed by atoms with Crippen LogP contribution in [0.1, 0.15) is 11.1 Å². The van der Waals surface area contributed by atoms with E-state index < -0.39 is 0 Å². The minimum absolute atomic E-state index is 0.180. The maximum Gasteiger partial charge on any atom is 0.183 e. The minimum Gasteiger partial charge on any atom is -0.361 e. The highest BCUT2D eigenvalue weighted by atomic mass is 32.1. The summed E-state index contributed by atoms with van der Waals surface area (Å²) in [6.07, 6.45) is 0.964. The minimum atomic E-state index is -0.180. The van der Waals surface area contributed by atoms with Crippen LogP contribution in [-0.4, -0.2) is 11.5 Å². The van der Waals surface area contributed by atoms with E-state index in [4.69, 9.17) is 0 Å². The summed E-state index contributed by atoms with van der Waals surface area (Å²) in [5.74, 6) is -0.180. The van der Waals surface area contributed by atoms with Gasteiger partial charge in [-0.15, -0.1) is 11.3 Å². The zero-order chi connectivity index (χ0) is 15.4. The molecule has 0 unspecified atom stereocenters. The number of thiazole rings is 1. The average Bonchev–Trinajstić information content (AvgIpc) is 3.00. The monoisotopic (exact) mass is 312 g/mol. The molecule has 3 aromatic rings. The smallest absolute Gasteiger partial charge is 0.183 e. The Morgan fingerprint density at radius 2 is 1.95 bits per heavy atom. The van der Waals surface area contributed by atoms with Crippen molar-refractivity contribution in [3.8, 4) is 11.3 Å². The first-order valence-electron chi connectivity index (χ1n) is 7.22. The van der Waals surface area contributed by atoms with Gasteiger partial charge < -0.3 is 5.32 Å². The summed E-state index contributed by atoms with van der Waals surface area (Å²) in [6, 6.07) is 15.5. The SMILES string of the molecule is Cc1cc(-c2csc(NCCc3ccccc3)n2)ccc1F. The van der Waals surface area contributed by atoms with Crippen LogP contribution in [0.3, 0.4) is 0 Å². The van der Waals surface area contributed by atoms with Gasteiger partial charge in [-0.1, -0.05) is 30.3 Å².